The number of amides is 1. The molecule has 1 heterocycles. The van der Waals surface area contributed by atoms with E-state index in [1.165, 1.54) is 0 Å². The van der Waals surface area contributed by atoms with Crippen LogP contribution in [0.1, 0.15) is 5.56 Å². The Morgan fingerprint density at radius 1 is 1.08 bits per heavy atom. The number of carbonyl (C=O) groups excluding carboxylic acids is 1. The minimum Gasteiger partial charge on any atom is -0.497 e. The van der Waals surface area contributed by atoms with E-state index in [0.717, 1.165) is 23.4 Å². The molecule has 0 unspecified atom stereocenters. The molecule has 6 nitrogen and oxygen atoms in total. The number of carbonyl (C=O) groups is 1. The first-order valence-corrected chi connectivity index (χ1v) is 8.37. The van der Waals surface area contributed by atoms with E-state index in [9.17, 15) is 4.79 Å². The number of hydrogen-bond donors (Lipinski definition) is 1. The maximum atomic E-state index is 11.9. The first kappa shape index (κ1) is 17.5. The van der Waals surface area contributed by atoms with Gasteiger partial charge in [-0.15, -0.1) is 0 Å². The molecule has 6 heteroatoms. The molecule has 0 saturated heterocycles. The summed E-state index contributed by atoms with van der Waals surface area (Å²) >= 11 is 0. The molecule has 134 valence electrons. The fourth-order valence-corrected chi connectivity index (χ4v) is 2.46. The summed E-state index contributed by atoms with van der Waals surface area (Å²) in [5.74, 6) is 1.24. The van der Waals surface area contributed by atoms with Gasteiger partial charge >= 0.3 is 0 Å². The molecule has 2 aromatic carbocycles. The highest BCUT2D eigenvalue weighted by Crippen LogP contribution is 2.16. The van der Waals surface area contributed by atoms with E-state index < -0.39 is 0 Å². The van der Waals surface area contributed by atoms with Crippen molar-refractivity contribution in [1.29, 1.82) is 0 Å². The second-order valence-corrected chi connectivity index (χ2v) is 5.68. The van der Waals surface area contributed by atoms with Crippen molar-refractivity contribution in [3.63, 3.8) is 0 Å². The van der Waals surface area contributed by atoms with Gasteiger partial charge in [-0.3, -0.25) is 4.79 Å². The zero-order valence-electron chi connectivity index (χ0n) is 14.6. The largest absolute Gasteiger partial charge is 0.497 e. The number of methoxy groups -OCH3 is 1. The third-order valence-electron chi connectivity index (χ3n) is 3.87. The van der Waals surface area contributed by atoms with Gasteiger partial charge in [-0.1, -0.05) is 12.1 Å². The standard InChI is InChI=1S/C20H21N3O3/c1-25-18-7-9-19(10-8-18)26-15-20(24)21-13-11-16-3-5-17(6-4-16)23-14-2-12-22-23/h2-10,12,14H,11,13,15H2,1H3,(H,21,24). The van der Waals surface area contributed by atoms with Crippen LogP contribution < -0.4 is 14.8 Å². The summed E-state index contributed by atoms with van der Waals surface area (Å²) in [6.07, 6.45) is 4.41. The predicted octanol–water partition coefficient (Wildman–Crippen LogP) is 2.62. The van der Waals surface area contributed by atoms with Gasteiger partial charge < -0.3 is 14.8 Å². The number of rotatable bonds is 8. The number of ether oxygens (including phenoxy) is 2. The summed E-state index contributed by atoms with van der Waals surface area (Å²) in [5, 5.41) is 7.06. The van der Waals surface area contributed by atoms with E-state index in [2.05, 4.69) is 10.4 Å². The second kappa shape index (κ2) is 8.71. The highest BCUT2D eigenvalue weighted by molar-refractivity contribution is 5.77. The molecular weight excluding hydrogens is 330 g/mol. The Labute approximate surface area is 152 Å². The lowest BCUT2D eigenvalue weighted by molar-refractivity contribution is -0.123. The van der Waals surface area contributed by atoms with Crippen molar-refractivity contribution in [3.8, 4) is 17.2 Å². The first-order valence-electron chi connectivity index (χ1n) is 8.37. The maximum absolute atomic E-state index is 11.9. The molecule has 0 bridgehead atoms. The van der Waals surface area contributed by atoms with Crippen LogP contribution in [0.4, 0.5) is 0 Å². The summed E-state index contributed by atoms with van der Waals surface area (Å²) in [6.45, 7) is 0.552. The molecule has 0 spiro atoms. The van der Waals surface area contributed by atoms with Crippen molar-refractivity contribution in [2.45, 2.75) is 6.42 Å². The molecule has 0 atom stereocenters. The molecule has 0 aliphatic carbocycles. The van der Waals surface area contributed by atoms with Crippen LogP contribution in [0.15, 0.2) is 67.0 Å². The Balaban J connectivity index is 1.39. The summed E-state index contributed by atoms with van der Waals surface area (Å²) < 4.78 is 12.3. The number of nitrogens with one attached hydrogen (secondary N) is 1. The average molecular weight is 351 g/mol. The fraction of sp³-hybridized carbons (Fsp3) is 0.200. The van der Waals surface area contributed by atoms with Gasteiger partial charge in [0.15, 0.2) is 6.61 Å². The van der Waals surface area contributed by atoms with Crippen LogP contribution in [0.25, 0.3) is 5.69 Å². The third-order valence-corrected chi connectivity index (χ3v) is 3.87. The number of hydrogen-bond acceptors (Lipinski definition) is 4. The summed E-state index contributed by atoms with van der Waals surface area (Å²) in [4.78, 5) is 11.9. The minimum absolute atomic E-state index is 0.00936. The molecule has 1 aromatic heterocycles. The van der Waals surface area contributed by atoms with Crippen LogP contribution >= 0.6 is 0 Å². The van der Waals surface area contributed by atoms with Gasteiger partial charge in [0.2, 0.25) is 0 Å². The van der Waals surface area contributed by atoms with E-state index in [4.69, 9.17) is 9.47 Å². The second-order valence-electron chi connectivity index (χ2n) is 5.68. The summed E-state index contributed by atoms with van der Waals surface area (Å²) in [7, 11) is 1.61. The van der Waals surface area contributed by atoms with E-state index >= 15 is 0 Å². The van der Waals surface area contributed by atoms with Crippen LogP contribution in [0.5, 0.6) is 11.5 Å². The van der Waals surface area contributed by atoms with Gasteiger partial charge in [0.25, 0.3) is 5.91 Å². The predicted molar refractivity (Wildman–Crippen MR) is 98.8 cm³/mol. The molecule has 26 heavy (non-hydrogen) atoms. The molecule has 0 fully saturated rings. The van der Waals surface area contributed by atoms with Crippen LogP contribution in [-0.4, -0.2) is 35.9 Å². The van der Waals surface area contributed by atoms with Gasteiger partial charge in [-0.25, -0.2) is 4.68 Å². The molecule has 0 radical (unpaired) electrons. The zero-order chi connectivity index (χ0) is 18.2. The molecule has 3 rings (SSSR count). The topological polar surface area (TPSA) is 65.4 Å². The average Bonchev–Trinajstić information content (AvgIpc) is 3.22. The Hall–Kier alpha value is -3.28. The molecule has 3 aromatic rings. The van der Waals surface area contributed by atoms with Crippen molar-refractivity contribution in [2.75, 3.05) is 20.3 Å². The monoisotopic (exact) mass is 351 g/mol. The zero-order valence-corrected chi connectivity index (χ0v) is 14.6. The lowest BCUT2D eigenvalue weighted by Gasteiger charge is -2.08. The van der Waals surface area contributed by atoms with Crippen molar-refractivity contribution in [2.24, 2.45) is 0 Å². The van der Waals surface area contributed by atoms with Crippen LogP contribution in [0, 0.1) is 0 Å². The molecule has 1 N–H and O–H groups in total. The van der Waals surface area contributed by atoms with Gasteiger partial charge in [-0.2, -0.15) is 5.10 Å². The van der Waals surface area contributed by atoms with E-state index in [0.29, 0.717) is 12.3 Å². The van der Waals surface area contributed by atoms with Gasteiger partial charge in [0, 0.05) is 18.9 Å². The van der Waals surface area contributed by atoms with E-state index in [1.54, 1.807) is 37.6 Å². The molecular formula is C20H21N3O3. The van der Waals surface area contributed by atoms with Crippen LogP contribution in [-0.2, 0) is 11.2 Å². The highest BCUT2D eigenvalue weighted by atomic mass is 16.5. The minimum atomic E-state index is -0.144. The molecule has 1 amide bonds. The lowest BCUT2D eigenvalue weighted by Crippen LogP contribution is -2.30. The van der Waals surface area contributed by atoms with Crippen molar-refractivity contribution in [3.05, 3.63) is 72.6 Å². The van der Waals surface area contributed by atoms with E-state index in [1.807, 2.05) is 41.2 Å². The molecule has 0 aliphatic rings. The van der Waals surface area contributed by atoms with Crippen molar-refractivity contribution in [1.82, 2.24) is 15.1 Å². The quantitative estimate of drug-likeness (QED) is 0.677. The first-order chi connectivity index (χ1) is 12.7. The van der Waals surface area contributed by atoms with Crippen LogP contribution in [0.3, 0.4) is 0 Å². The number of nitrogens with zero attached hydrogens (tertiary/aromatic N) is 2. The smallest absolute Gasteiger partial charge is 0.257 e. The van der Waals surface area contributed by atoms with Crippen molar-refractivity contribution < 1.29 is 14.3 Å². The molecule has 0 saturated carbocycles. The van der Waals surface area contributed by atoms with Gasteiger partial charge in [-0.05, 0) is 54.4 Å². The van der Waals surface area contributed by atoms with Crippen LogP contribution in [0.2, 0.25) is 0 Å². The Bertz CT molecular complexity index is 813. The van der Waals surface area contributed by atoms with E-state index in [-0.39, 0.29) is 12.5 Å². The third kappa shape index (κ3) is 4.86. The fourth-order valence-electron chi connectivity index (χ4n) is 2.46. The highest BCUT2D eigenvalue weighted by Gasteiger charge is 2.03. The summed E-state index contributed by atoms with van der Waals surface area (Å²) in [6, 6.07) is 17.1. The number of benzene rings is 2. The maximum Gasteiger partial charge on any atom is 0.257 e. The van der Waals surface area contributed by atoms with Gasteiger partial charge in [0.1, 0.15) is 11.5 Å². The van der Waals surface area contributed by atoms with Crippen molar-refractivity contribution >= 4 is 5.91 Å². The Kier molecular flexibility index (Phi) is 5.88. The Morgan fingerprint density at radius 3 is 2.46 bits per heavy atom. The SMILES string of the molecule is COc1ccc(OCC(=O)NCCc2ccc(-n3cccn3)cc2)cc1. The normalized spacial score (nSPS) is 10.3. The van der Waals surface area contributed by atoms with Gasteiger partial charge in [0.05, 0.1) is 12.8 Å². The lowest BCUT2D eigenvalue weighted by atomic mass is 10.1. The summed E-state index contributed by atoms with van der Waals surface area (Å²) in [5.41, 5.74) is 2.16. The Morgan fingerprint density at radius 2 is 1.81 bits per heavy atom. The molecule has 0 aliphatic heterocycles. The number of aromatic nitrogens is 2.